The van der Waals surface area contributed by atoms with Crippen LogP contribution in [0.3, 0.4) is 0 Å². The number of carboxylic acids is 1. The van der Waals surface area contributed by atoms with Crippen molar-refractivity contribution >= 4 is 5.97 Å². The number of ether oxygens (including phenoxy) is 2. The molecule has 1 aromatic rings. The van der Waals surface area contributed by atoms with E-state index in [4.69, 9.17) is 20.3 Å². The monoisotopic (exact) mass is 282 g/mol. The predicted molar refractivity (Wildman–Crippen MR) is 75.4 cm³/mol. The molecule has 4 N–H and O–H groups in total. The minimum atomic E-state index is -0.933. The standard InChI is InChI=1S/C14H22N2O4/c15-6-8-19-9-7-16-13(14(17)18)11-20-10-12-4-2-1-3-5-12/h1-5,13,16H,6-11,15H2,(H,17,18). The summed E-state index contributed by atoms with van der Waals surface area (Å²) in [6.07, 6.45) is 0. The molecule has 0 aliphatic heterocycles. The predicted octanol–water partition coefficient (Wildman–Crippen LogP) is 0.221. The lowest BCUT2D eigenvalue weighted by atomic mass is 10.2. The first-order chi connectivity index (χ1) is 9.74. The zero-order valence-corrected chi connectivity index (χ0v) is 11.5. The average molecular weight is 282 g/mol. The van der Waals surface area contributed by atoms with Gasteiger partial charge in [0, 0.05) is 13.1 Å². The normalized spacial score (nSPS) is 12.2. The van der Waals surface area contributed by atoms with Gasteiger partial charge in [-0.05, 0) is 5.56 Å². The Hall–Kier alpha value is -1.47. The minimum absolute atomic E-state index is 0.112. The number of rotatable bonds is 11. The van der Waals surface area contributed by atoms with Gasteiger partial charge in [-0.25, -0.2) is 0 Å². The van der Waals surface area contributed by atoms with Crippen LogP contribution in [0.2, 0.25) is 0 Å². The van der Waals surface area contributed by atoms with Gasteiger partial charge in [0.25, 0.3) is 0 Å². The van der Waals surface area contributed by atoms with Crippen LogP contribution < -0.4 is 11.1 Å². The molecule has 6 nitrogen and oxygen atoms in total. The van der Waals surface area contributed by atoms with Crippen molar-refractivity contribution in [3.05, 3.63) is 35.9 Å². The number of nitrogens with two attached hydrogens (primary N) is 1. The fourth-order valence-corrected chi connectivity index (χ4v) is 1.58. The zero-order valence-electron chi connectivity index (χ0n) is 11.5. The van der Waals surface area contributed by atoms with E-state index in [1.807, 2.05) is 30.3 Å². The van der Waals surface area contributed by atoms with E-state index >= 15 is 0 Å². The van der Waals surface area contributed by atoms with Gasteiger partial charge in [-0.2, -0.15) is 0 Å². The van der Waals surface area contributed by atoms with Crippen molar-refractivity contribution < 1.29 is 19.4 Å². The van der Waals surface area contributed by atoms with Crippen LogP contribution in [-0.2, 0) is 20.9 Å². The topological polar surface area (TPSA) is 93.8 Å². The highest BCUT2D eigenvalue weighted by Gasteiger charge is 2.16. The second-order valence-corrected chi connectivity index (χ2v) is 4.25. The molecule has 6 heteroatoms. The quantitative estimate of drug-likeness (QED) is 0.503. The van der Waals surface area contributed by atoms with Crippen LogP contribution in [0.25, 0.3) is 0 Å². The molecule has 0 aromatic heterocycles. The maximum absolute atomic E-state index is 11.1. The highest BCUT2D eigenvalue weighted by molar-refractivity contribution is 5.73. The van der Waals surface area contributed by atoms with Crippen LogP contribution in [0.15, 0.2) is 30.3 Å². The smallest absolute Gasteiger partial charge is 0.323 e. The summed E-state index contributed by atoms with van der Waals surface area (Å²) in [4.78, 5) is 11.1. The lowest BCUT2D eigenvalue weighted by Crippen LogP contribution is -2.42. The van der Waals surface area contributed by atoms with E-state index in [1.165, 1.54) is 0 Å². The molecule has 0 radical (unpaired) electrons. The summed E-state index contributed by atoms with van der Waals surface area (Å²) < 4.78 is 10.6. The third-order valence-corrected chi connectivity index (χ3v) is 2.59. The Bertz CT molecular complexity index is 373. The molecule has 112 valence electrons. The van der Waals surface area contributed by atoms with Gasteiger partial charge in [0.1, 0.15) is 6.04 Å². The van der Waals surface area contributed by atoms with E-state index < -0.39 is 12.0 Å². The Balaban J connectivity index is 2.20. The number of carbonyl (C=O) groups is 1. The lowest BCUT2D eigenvalue weighted by molar-refractivity contribution is -0.141. The van der Waals surface area contributed by atoms with Gasteiger partial charge in [0.2, 0.25) is 0 Å². The molecule has 1 rings (SSSR count). The molecule has 1 unspecified atom stereocenters. The Kier molecular flexibility index (Phi) is 8.57. The van der Waals surface area contributed by atoms with Gasteiger partial charge < -0.3 is 25.6 Å². The summed E-state index contributed by atoms with van der Waals surface area (Å²) in [6, 6.07) is 8.89. The summed E-state index contributed by atoms with van der Waals surface area (Å²) in [5.74, 6) is -0.933. The first-order valence-corrected chi connectivity index (χ1v) is 6.59. The number of nitrogens with one attached hydrogen (secondary N) is 1. The lowest BCUT2D eigenvalue weighted by Gasteiger charge is -2.14. The summed E-state index contributed by atoms with van der Waals surface area (Å²) in [7, 11) is 0. The summed E-state index contributed by atoms with van der Waals surface area (Å²) in [6.45, 7) is 2.33. The average Bonchev–Trinajstić information content (AvgIpc) is 2.46. The van der Waals surface area contributed by atoms with Crippen LogP contribution in [-0.4, -0.2) is 50.0 Å². The number of hydrogen-bond donors (Lipinski definition) is 3. The first kappa shape index (κ1) is 16.6. The van der Waals surface area contributed by atoms with E-state index in [1.54, 1.807) is 0 Å². The number of aliphatic carboxylic acids is 1. The van der Waals surface area contributed by atoms with Crippen molar-refractivity contribution in [3.8, 4) is 0 Å². The van der Waals surface area contributed by atoms with E-state index in [-0.39, 0.29) is 6.61 Å². The van der Waals surface area contributed by atoms with Crippen molar-refractivity contribution in [2.24, 2.45) is 5.73 Å². The van der Waals surface area contributed by atoms with Crippen molar-refractivity contribution in [2.45, 2.75) is 12.6 Å². The molecule has 0 spiro atoms. The molecular formula is C14H22N2O4. The largest absolute Gasteiger partial charge is 0.480 e. The fourth-order valence-electron chi connectivity index (χ4n) is 1.58. The Morgan fingerprint density at radius 3 is 2.65 bits per heavy atom. The molecular weight excluding hydrogens is 260 g/mol. The van der Waals surface area contributed by atoms with Crippen molar-refractivity contribution in [3.63, 3.8) is 0 Å². The molecule has 0 saturated heterocycles. The highest BCUT2D eigenvalue weighted by Crippen LogP contribution is 2.01. The van der Waals surface area contributed by atoms with Crippen LogP contribution in [0, 0.1) is 0 Å². The minimum Gasteiger partial charge on any atom is -0.480 e. The van der Waals surface area contributed by atoms with Crippen molar-refractivity contribution in [1.29, 1.82) is 0 Å². The van der Waals surface area contributed by atoms with E-state index in [0.717, 1.165) is 5.56 Å². The highest BCUT2D eigenvalue weighted by atomic mass is 16.5. The van der Waals surface area contributed by atoms with Gasteiger partial charge in [-0.15, -0.1) is 0 Å². The van der Waals surface area contributed by atoms with Gasteiger partial charge in [-0.1, -0.05) is 30.3 Å². The second-order valence-electron chi connectivity index (χ2n) is 4.25. The van der Waals surface area contributed by atoms with Crippen LogP contribution in [0.5, 0.6) is 0 Å². The Labute approximate surface area is 118 Å². The van der Waals surface area contributed by atoms with Gasteiger partial charge in [0.15, 0.2) is 0 Å². The molecule has 0 aliphatic carbocycles. The SMILES string of the molecule is NCCOCCNC(COCc1ccccc1)C(=O)O. The molecule has 0 bridgehead atoms. The van der Waals surface area contributed by atoms with Crippen molar-refractivity contribution in [1.82, 2.24) is 5.32 Å². The Morgan fingerprint density at radius 1 is 1.25 bits per heavy atom. The molecule has 0 aliphatic rings. The third-order valence-electron chi connectivity index (χ3n) is 2.59. The second kappa shape index (κ2) is 10.3. The molecule has 20 heavy (non-hydrogen) atoms. The van der Waals surface area contributed by atoms with E-state index in [0.29, 0.717) is 32.9 Å². The molecule has 0 heterocycles. The zero-order chi connectivity index (χ0) is 14.6. The molecule has 1 atom stereocenters. The molecule has 1 aromatic carbocycles. The molecule has 0 fully saturated rings. The Morgan fingerprint density at radius 2 is 2.00 bits per heavy atom. The van der Waals surface area contributed by atoms with E-state index in [9.17, 15) is 4.79 Å². The van der Waals surface area contributed by atoms with Gasteiger partial charge in [-0.3, -0.25) is 4.79 Å². The summed E-state index contributed by atoms with van der Waals surface area (Å²) in [5, 5.41) is 11.9. The molecule has 0 saturated carbocycles. The van der Waals surface area contributed by atoms with Gasteiger partial charge in [0.05, 0.1) is 26.4 Å². The van der Waals surface area contributed by atoms with Crippen LogP contribution >= 0.6 is 0 Å². The molecule has 0 amide bonds. The van der Waals surface area contributed by atoms with Crippen LogP contribution in [0.4, 0.5) is 0 Å². The summed E-state index contributed by atoms with van der Waals surface area (Å²) in [5.41, 5.74) is 6.30. The number of benzene rings is 1. The fraction of sp³-hybridized carbons (Fsp3) is 0.500. The third kappa shape index (κ3) is 7.20. The maximum Gasteiger partial charge on any atom is 0.323 e. The first-order valence-electron chi connectivity index (χ1n) is 6.59. The van der Waals surface area contributed by atoms with E-state index in [2.05, 4.69) is 5.32 Å². The van der Waals surface area contributed by atoms with Crippen LogP contribution in [0.1, 0.15) is 5.56 Å². The van der Waals surface area contributed by atoms with Gasteiger partial charge >= 0.3 is 5.97 Å². The summed E-state index contributed by atoms with van der Waals surface area (Å²) >= 11 is 0. The number of hydrogen-bond acceptors (Lipinski definition) is 5. The maximum atomic E-state index is 11.1. The van der Waals surface area contributed by atoms with Crippen molar-refractivity contribution in [2.75, 3.05) is 32.9 Å². The number of carboxylic acid groups (broad SMARTS) is 1.